The molecule has 0 spiro atoms. The molecule has 0 atom stereocenters. The van der Waals surface area contributed by atoms with Gasteiger partial charge in [0.05, 0.1) is 12.2 Å². The number of rotatable bonds is 1. The van der Waals surface area contributed by atoms with E-state index in [9.17, 15) is 0 Å². The number of hydrogen-bond donors (Lipinski definition) is 0. The lowest BCUT2D eigenvalue weighted by molar-refractivity contribution is 0.0656. The van der Waals surface area contributed by atoms with Crippen LogP contribution in [0.2, 0.25) is 0 Å². The van der Waals surface area contributed by atoms with Gasteiger partial charge in [0.15, 0.2) is 0 Å². The van der Waals surface area contributed by atoms with Gasteiger partial charge in [-0.15, -0.1) is 0 Å². The van der Waals surface area contributed by atoms with Crippen molar-refractivity contribution in [3.63, 3.8) is 0 Å². The molecule has 0 radical (unpaired) electrons. The van der Waals surface area contributed by atoms with E-state index in [-0.39, 0.29) is 5.41 Å². The van der Waals surface area contributed by atoms with Crippen molar-refractivity contribution >= 4 is 0 Å². The van der Waals surface area contributed by atoms with E-state index in [0.29, 0.717) is 6.04 Å². The molecule has 0 N–H and O–H groups in total. The minimum Gasteiger partial charge on any atom is -0.381 e. The molecule has 1 aliphatic rings. The van der Waals surface area contributed by atoms with Crippen molar-refractivity contribution in [2.45, 2.75) is 52.0 Å². The van der Waals surface area contributed by atoms with Gasteiger partial charge in [-0.05, 0) is 30.7 Å². The monoisotopic (exact) mass is 222 g/mol. The highest BCUT2D eigenvalue weighted by molar-refractivity contribution is 5.24. The molecule has 0 unspecified atom stereocenters. The molecule has 3 heteroatoms. The molecule has 0 amide bonds. The maximum Gasteiger partial charge on any atom is 0.0566 e. The van der Waals surface area contributed by atoms with E-state index < -0.39 is 0 Å². The number of nitrogens with zero attached hydrogens (tertiary/aromatic N) is 2. The van der Waals surface area contributed by atoms with Crippen molar-refractivity contribution in [3.8, 4) is 0 Å². The van der Waals surface area contributed by atoms with E-state index in [0.717, 1.165) is 26.1 Å². The van der Waals surface area contributed by atoms with E-state index in [2.05, 4.69) is 37.5 Å². The summed E-state index contributed by atoms with van der Waals surface area (Å²) in [6.45, 7) is 10.6. The molecular weight excluding hydrogens is 200 g/mol. The molecule has 3 nitrogen and oxygen atoms in total. The van der Waals surface area contributed by atoms with Crippen LogP contribution in [0, 0.1) is 6.92 Å². The SMILES string of the molecule is Cc1c(C(C)(C)C)cnn1C1CCOCC1. The van der Waals surface area contributed by atoms with E-state index in [1.54, 1.807) is 0 Å². The Morgan fingerprint density at radius 3 is 2.44 bits per heavy atom. The molecule has 90 valence electrons. The van der Waals surface area contributed by atoms with Gasteiger partial charge in [-0.3, -0.25) is 4.68 Å². The molecule has 1 aliphatic heterocycles. The van der Waals surface area contributed by atoms with Crippen LogP contribution in [0.5, 0.6) is 0 Å². The Morgan fingerprint density at radius 1 is 1.31 bits per heavy atom. The highest BCUT2D eigenvalue weighted by Crippen LogP contribution is 2.29. The zero-order chi connectivity index (χ0) is 11.8. The van der Waals surface area contributed by atoms with Crippen molar-refractivity contribution in [1.29, 1.82) is 0 Å². The average Bonchev–Trinajstić information content (AvgIpc) is 2.61. The Bertz CT molecular complexity index is 356. The zero-order valence-corrected chi connectivity index (χ0v) is 10.8. The molecular formula is C13H22N2O. The molecule has 2 heterocycles. The lowest BCUT2D eigenvalue weighted by atomic mass is 9.87. The van der Waals surface area contributed by atoms with Gasteiger partial charge in [0.2, 0.25) is 0 Å². The first-order valence-corrected chi connectivity index (χ1v) is 6.12. The molecule has 1 aromatic rings. The predicted molar refractivity (Wildman–Crippen MR) is 64.8 cm³/mol. The van der Waals surface area contributed by atoms with Crippen molar-refractivity contribution in [2.75, 3.05) is 13.2 Å². The van der Waals surface area contributed by atoms with Crippen LogP contribution in [0.3, 0.4) is 0 Å². The third-order valence-electron chi connectivity index (χ3n) is 3.39. The third kappa shape index (κ3) is 2.14. The number of ether oxygens (including phenoxy) is 1. The summed E-state index contributed by atoms with van der Waals surface area (Å²) in [5, 5.41) is 4.57. The highest BCUT2D eigenvalue weighted by atomic mass is 16.5. The minimum atomic E-state index is 0.188. The summed E-state index contributed by atoms with van der Waals surface area (Å²) < 4.78 is 7.59. The number of hydrogen-bond acceptors (Lipinski definition) is 2. The molecule has 0 aromatic carbocycles. The van der Waals surface area contributed by atoms with Crippen LogP contribution in [0.25, 0.3) is 0 Å². The molecule has 1 fully saturated rings. The third-order valence-corrected chi connectivity index (χ3v) is 3.39. The minimum absolute atomic E-state index is 0.188. The van der Waals surface area contributed by atoms with E-state index in [1.165, 1.54) is 11.3 Å². The average molecular weight is 222 g/mol. The van der Waals surface area contributed by atoms with Crippen LogP contribution in [0.15, 0.2) is 6.20 Å². The largest absolute Gasteiger partial charge is 0.381 e. The fourth-order valence-electron chi connectivity index (χ4n) is 2.46. The van der Waals surface area contributed by atoms with Gasteiger partial charge in [0.25, 0.3) is 0 Å². The summed E-state index contributed by atoms with van der Waals surface area (Å²) in [6, 6.07) is 0.532. The normalized spacial score (nSPS) is 19.0. The van der Waals surface area contributed by atoms with Crippen molar-refractivity contribution in [3.05, 3.63) is 17.5 Å². The van der Waals surface area contributed by atoms with Crippen LogP contribution in [0.1, 0.15) is 50.9 Å². The molecule has 16 heavy (non-hydrogen) atoms. The van der Waals surface area contributed by atoms with Crippen molar-refractivity contribution in [1.82, 2.24) is 9.78 Å². The maximum absolute atomic E-state index is 5.39. The van der Waals surface area contributed by atoms with Gasteiger partial charge in [-0.25, -0.2) is 0 Å². The standard InChI is InChI=1S/C13H22N2O/c1-10-12(13(2,3)4)9-14-15(10)11-5-7-16-8-6-11/h9,11H,5-8H2,1-4H3. The van der Waals surface area contributed by atoms with Gasteiger partial charge in [0, 0.05) is 18.9 Å². The molecule has 0 aliphatic carbocycles. The topological polar surface area (TPSA) is 27.1 Å². The smallest absolute Gasteiger partial charge is 0.0566 e. The number of aromatic nitrogens is 2. The lowest BCUT2D eigenvalue weighted by Crippen LogP contribution is -2.22. The van der Waals surface area contributed by atoms with Gasteiger partial charge < -0.3 is 4.74 Å². The summed E-state index contributed by atoms with van der Waals surface area (Å²) in [5.41, 5.74) is 2.87. The van der Waals surface area contributed by atoms with E-state index >= 15 is 0 Å². The second-order valence-electron chi connectivity index (χ2n) is 5.68. The second kappa shape index (κ2) is 4.21. The van der Waals surface area contributed by atoms with Crippen molar-refractivity contribution in [2.24, 2.45) is 0 Å². The summed E-state index contributed by atoms with van der Waals surface area (Å²) in [4.78, 5) is 0. The predicted octanol–water partition coefficient (Wildman–Crippen LogP) is 2.84. The summed E-state index contributed by atoms with van der Waals surface area (Å²) >= 11 is 0. The van der Waals surface area contributed by atoms with Crippen LogP contribution in [-0.2, 0) is 10.2 Å². The van der Waals surface area contributed by atoms with E-state index in [1.807, 2.05) is 6.20 Å². The first kappa shape index (κ1) is 11.6. The summed E-state index contributed by atoms with van der Waals surface area (Å²) in [7, 11) is 0. The quantitative estimate of drug-likeness (QED) is 0.730. The molecule has 2 rings (SSSR count). The van der Waals surface area contributed by atoms with Gasteiger partial charge in [0.1, 0.15) is 0 Å². The summed E-state index contributed by atoms with van der Waals surface area (Å²) in [5.74, 6) is 0. The van der Waals surface area contributed by atoms with Crippen LogP contribution in [-0.4, -0.2) is 23.0 Å². The molecule has 0 saturated carbocycles. The zero-order valence-electron chi connectivity index (χ0n) is 10.8. The van der Waals surface area contributed by atoms with Crippen LogP contribution in [0.4, 0.5) is 0 Å². The van der Waals surface area contributed by atoms with E-state index in [4.69, 9.17) is 4.74 Å². The Kier molecular flexibility index (Phi) is 3.06. The first-order chi connectivity index (χ1) is 7.50. The van der Waals surface area contributed by atoms with Crippen LogP contribution < -0.4 is 0 Å². The fourth-order valence-corrected chi connectivity index (χ4v) is 2.46. The molecule has 1 saturated heterocycles. The Balaban J connectivity index is 2.25. The van der Waals surface area contributed by atoms with Crippen LogP contribution >= 0.6 is 0 Å². The Labute approximate surface area is 97.8 Å². The summed E-state index contributed by atoms with van der Waals surface area (Å²) in [6.07, 6.45) is 4.21. The van der Waals surface area contributed by atoms with Gasteiger partial charge in [-0.1, -0.05) is 20.8 Å². The molecule has 1 aromatic heterocycles. The van der Waals surface area contributed by atoms with Gasteiger partial charge >= 0.3 is 0 Å². The second-order valence-corrected chi connectivity index (χ2v) is 5.68. The highest BCUT2D eigenvalue weighted by Gasteiger charge is 2.24. The van der Waals surface area contributed by atoms with Gasteiger partial charge in [-0.2, -0.15) is 5.10 Å². The Morgan fingerprint density at radius 2 is 1.94 bits per heavy atom. The lowest BCUT2D eigenvalue weighted by Gasteiger charge is -2.25. The van der Waals surface area contributed by atoms with Crippen molar-refractivity contribution < 1.29 is 4.74 Å². The maximum atomic E-state index is 5.39. The molecule has 0 bridgehead atoms. The Hall–Kier alpha value is -0.830. The fraction of sp³-hybridized carbons (Fsp3) is 0.769. The first-order valence-electron chi connectivity index (χ1n) is 6.12.